The van der Waals surface area contributed by atoms with Gasteiger partial charge in [0, 0.05) is 69.2 Å². The maximum Gasteiger partial charge on any atom is 0.248 e. The number of hydrogen-bond acceptors (Lipinski definition) is 2. The van der Waals surface area contributed by atoms with Crippen LogP contribution in [-0.2, 0) is 32.0 Å². The number of benzene rings is 7. The van der Waals surface area contributed by atoms with Crippen LogP contribution in [0.2, 0.25) is 0 Å². The van der Waals surface area contributed by atoms with E-state index in [1.807, 2.05) is 7.05 Å². The van der Waals surface area contributed by atoms with Gasteiger partial charge in [-0.1, -0.05) is 82.3 Å². The summed E-state index contributed by atoms with van der Waals surface area (Å²) < 4.78 is 8.35. The molecule has 6 heteroatoms. The van der Waals surface area contributed by atoms with Crippen LogP contribution in [0, 0.1) is 0 Å². The fourth-order valence-electron chi connectivity index (χ4n) is 11.1. The van der Waals surface area contributed by atoms with Gasteiger partial charge in [-0.05, 0) is 164 Å². The number of fused-ring (bicyclic) bond motifs is 6. The van der Waals surface area contributed by atoms with E-state index in [0.29, 0.717) is 0 Å². The number of imidazole rings is 1. The number of rotatable bonds is 9. The molecule has 7 aromatic carbocycles. The summed E-state index contributed by atoms with van der Waals surface area (Å²) in [4.78, 5) is 4.80. The van der Waals surface area contributed by atoms with Crippen molar-refractivity contribution in [3.63, 3.8) is 0 Å². The first kappa shape index (κ1) is 43.0. The average molecular weight is 910 g/mol. The van der Waals surface area contributed by atoms with Crippen molar-refractivity contribution in [2.75, 3.05) is 9.80 Å². The predicted octanol–water partition coefficient (Wildman–Crippen LogP) is 13.8. The molecule has 12 rings (SSSR count). The van der Waals surface area contributed by atoms with Gasteiger partial charge in [0.2, 0.25) is 6.33 Å². The van der Waals surface area contributed by atoms with Gasteiger partial charge in [0.25, 0.3) is 0 Å². The molecular weight excluding hydrogens is 853 g/mol. The van der Waals surface area contributed by atoms with Gasteiger partial charge in [-0.15, -0.1) is 0 Å². The van der Waals surface area contributed by atoms with Gasteiger partial charge in [0.1, 0.15) is 32.2 Å². The third-order valence-electron chi connectivity index (χ3n) is 15.0. The Morgan fingerprint density at radius 3 is 1.13 bits per heavy atom. The van der Waals surface area contributed by atoms with Crippen molar-refractivity contribution in [2.24, 2.45) is 21.1 Å². The number of nitrogens with zero attached hydrogens (tertiary/aromatic N) is 6. The van der Waals surface area contributed by atoms with E-state index >= 15 is 0 Å². The Morgan fingerprint density at radius 1 is 0.343 bits per heavy atom. The van der Waals surface area contributed by atoms with Crippen LogP contribution in [-0.4, -0.2) is 4.57 Å². The Hall–Kier alpha value is -8.35. The van der Waals surface area contributed by atoms with E-state index in [2.05, 4.69) is 289 Å². The molecule has 3 aromatic heterocycles. The Balaban J connectivity index is 0.911. The van der Waals surface area contributed by atoms with Crippen LogP contribution in [0.1, 0.15) is 49.9 Å². The zero-order valence-corrected chi connectivity index (χ0v) is 41.0. The molecule has 0 atom stereocenters. The number of hydrogen-bond donors (Lipinski definition) is 0. The van der Waals surface area contributed by atoms with Crippen molar-refractivity contribution in [2.45, 2.75) is 38.5 Å². The van der Waals surface area contributed by atoms with E-state index in [1.54, 1.807) is 0 Å². The van der Waals surface area contributed by atoms with Crippen LogP contribution < -0.4 is 23.5 Å². The molecular formula is C64H57N6+3. The second-order valence-corrected chi connectivity index (χ2v) is 20.3. The lowest BCUT2D eigenvalue weighted by Crippen LogP contribution is -2.25. The predicted molar refractivity (Wildman–Crippen MR) is 285 cm³/mol. The highest BCUT2D eigenvalue weighted by atomic mass is 15.2. The van der Waals surface area contributed by atoms with Crippen LogP contribution in [0.4, 0.5) is 34.1 Å². The van der Waals surface area contributed by atoms with E-state index in [4.69, 9.17) is 0 Å². The van der Waals surface area contributed by atoms with Crippen molar-refractivity contribution in [1.82, 2.24) is 4.57 Å². The summed E-state index contributed by atoms with van der Waals surface area (Å²) in [6.45, 7) is 9.62. The third kappa shape index (κ3) is 7.21. The zero-order chi connectivity index (χ0) is 47.9. The van der Waals surface area contributed by atoms with E-state index < -0.39 is 0 Å². The van der Waals surface area contributed by atoms with E-state index in [1.165, 1.54) is 66.8 Å². The van der Waals surface area contributed by atoms with Crippen molar-refractivity contribution in [3.05, 3.63) is 242 Å². The van der Waals surface area contributed by atoms with Crippen molar-refractivity contribution >= 4 is 34.1 Å². The molecule has 0 N–H and O–H groups in total. The average Bonchev–Trinajstić information content (AvgIpc) is 3.99. The van der Waals surface area contributed by atoms with Gasteiger partial charge >= 0.3 is 0 Å². The molecule has 0 aliphatic heterocycles. The summed E-state index contributed by atoms with van der Waals surface area (Å²) in [5.41, 5.74) is 23.0. The van der Waals surface area contributed by atoms with Crippen LogP contribution in [0.3, 0.4) is 0 Å². The fourth-order valence-corrected chi connectivity index (χ4v) is 11.1. The molecule has 70 heavy (non-hydrogen) atoms. The lowest BCUT2D eigenvalue weighted by atomic mass is 9.79. The first-order valence-electron chi connectivity index (χ1n) is 24.3. The molecule has 0 fully saturated rings. The molecule has 0 amide bonds. The molecule has 0 saturated carbocycles. The standard InChI is InChI=1S/C64H57N6/c1-63(2)59-39-53(69(49-11-9-8-10-12-49)52-23-21-48(22-24-52)68-38-37-67(7)43-68)25-27-55(59)57-41-62-58(42-61(57)63)56-28-26-54(40-60(56)64(62,3)4)70(50-17-13-44(14-18-50)46-29-33-65(5)34-30-46)51-19-15-45(16-20-51)47-31-35-66(6)36-32-47/h8-43H,1-7H3/q+3. The molecule has 0 unspecified atom stereocenters. The largest absolute Gasteiger partial charge is 0.310 e. The highest BCUT2D eigenvalue weighted by Crippen LogP contribution is 2.57. The summed E-state index contributed by atoms with van der Waals surface area (Å²) in [7, 11) is 6.16. The summed E-state index contributed by atoms with van der Waals surface area (Å²) in [6.07, 6.45) is 14.7. The quantitative estimate of drug-likeness (QED) is 0.135. The lowest BCUT2D eigenvalue weighted by molar-refractivity contribution is -0.671. The van der Waals surface area contributed by atoms with Crippen LogP contribution in [0.15, 0.2) is 219 Å². The minimum absolute atomic E-state index is 0.220. The first-order chi connectivity index (χ1) is 33.9. The summed E-state index contributed by atoms with van der Waals surface area (Å²) in [5, 5.41) is 0. The third-order valence-corrected chi connectivity index (χ3v) is 15.0. The minimum Gasteiger partial charge on any atom is -0.310 e. The maximum absolute atomic E-state index is 2.52. The number of anilines is 6. The van der Waals surface area contributed by atoms with Crippen LogP contribution >= 0.6 is 0 Å². The topological polar surface area (TPSA) is 23.1 Å². The second-order valence-electron chi connectivity index (χ2n) is 20.3. The Kier molecular flexibility index (Phi) is 10.1. The SMILES string of the molecule is C[n+]1ccc(-c2ccc(N(c3ccc(-c4cc[n+](C)cc4)cc3)c3ccc4c(c3)C(C)(C)c3cc5c(cc3-4)C(C)(C)c3cc(N(c4ccccc4)c4ccc(-n6cc[n+](C)c6)cc4)ccc3-5)cc2)cc1. The normalized spacial score (nSPS) is 13.6. The summed E-state index contributed by atoms with van der Waals surface area (Å²) in [5.74, 6) is 0. The molecule has 3 heterocycles. The molecule has 6 nitrogen and oxygen atoms in total. The first-order valence-corrected chi connectivity index (χ1v) is 24.3. The Morgan fingerprint density at radius 2 is 0.714 bits per heavy atom. The number of aryl methyl sites for hydroxylation is 3. The molecule has 2 aliphatic rings. The van der Waals surface area contributed by atoms with Gasteiger partial charge < -0.3 is 9.80 Å². The van der Waals surface area contributed by atoms with Gasteiger partial charge in [-0.2, -0.15) is 0 Å². The van der Waals surface area contributed by atoms with Gasteiger partial charge in [-0.3, -0.25) is 0 Å². The Bertz CT molecular complexity index is 3500. The van der Waals surface area contributed by atoms with Crippen molar-refractivity contribution in [1.29, 1.82) is 0 Å². The Labute approximate surface area is 411 Å². The zero-order valence-electron chi connectivity index (χ0n) is 41.0. The fraction of sp³-hybridized carbons (Fsp3) is 0.141. The van der Waals surface area contributed by atoms with Crippen LogP contribution in [0.25, 0.3) is 50.2 Å². The number of aromatic nitrogens is 4. The summed E-state index contributed by atoms with van der Waals surface area (Å²) >= 11 is 0. The number of pyridine rings is 2. The molecule has 2 aliphatic carbocycles. The summed E-state index contributed by atoms with van der Waals surface area (Å²) in [6, 6.07) is 65.6. The molecule has 0 radical (unpaired) electrons. The molecule has 340 valence electrons. The van der Waals surface area contributed by atoms with E-state index in [0.717, 1.165) is 39.8 Å². The second kappa shape index (κ2) is 16.4. The maximum atomic E-state index is 2.52. The van der Waals surface area contributed by atoms with Crippen molar-refractivity contribution in [3.8, 4) is 50.2 Å². The van der Waals surface area contributed by atoms with Crippen LogP contribution in [0.5, 0.6) is 0 Å². The molecule has 0 spiro atoms. The minimum atomic E-state index is -0.233. The highest BCUT2D eigenvalue weighted by Gasteiger charge is 2.42. The number of para-hydroxylation sites is 1. The smallest absolute Gasteiger partial charge is 0.248 e. The monoisotopic (exact) mass is 909 g/mol. The molecule has 10 aromatic rings. The van der Waals surface area contributed by atoms with Crippen molar-refractivity contribution < 1.29 is 13.7 Å². The van der Waals surface area contributed by atoms with Gasteiger partial charge in [-0.25, -0.2) is 18.3 Å². The molecule has 0 saturated heterocycles. The van der Waals surface area contributed by atoms with Gasteiger partial charge in [0.15, 0.2) is 24.8 Å². The van der Waals surface area contributed by atoms with Gasteiger partial charge in [0.05, 0.1) is 7.05 Å². The lowest BCUT2D eigenvalue weighted by Gasteiger charge is -2.28. The van der Waals surface area contributed by atoms with E-state index in [-0.39, 0.29) is 10.8 Å². The highest BCUT2D eigenvalue weighted by molar-refractivity contribution is 5.93. The molecule has 0 bridgehead atoms. The van der Waals surface area contributed by atoms with E-state index in [9.17, 15) is 0 Å².